The summed E-state index contributed by atoms with van der Waals surface area (Å²) in [7, 11) is 0. The number of carbonyl (C=O) groups is 1. The van der Waals surface area contributed by atoms with Gasteiger partial charge in [0.25, 0.3) is 0 Å². The van der Waals surface area contributed by atoms with Crippen LogP contribution in [0.4, 0.5) is 4.39 Å². The zero-order valence-corrected chi connectivity index (χ0v) is 11.8. The largest absolute Gasteiger partial charge is 0.383 e. The molecule has 0 spiro atoms. The van der Waals surface area contributed by atoms with Crippen molar-refractivity contribution in [2.75, 3.05) is 13.1 Å². The number of hydrogen-bond donors (Lipinski definition) is 2. The van der Waals surface area contributed by atoms with Crippen LogP contribution in [0.2, 0.25) is 5.02 Å². The van der Waals surface area contributed by atoms with Crippen LogP contribution in [0.15, 0.2) is 18.2 Å². The number of piperidine rings is 1. The van der Waals surface area contributed by atoms with E-state index in [1.54, 1.807) is 12.1 Å². The number of carbonyl (C=O) groups excluding carboxylic acids is 1. The fourth-order valence-corrected chi connectivity index (χ4v) is 2.67. The number of likely N-dealkylation sites (tertiary alicyclic amines) is 1. The van der Waals surface area contributed by atoms with E-state index in [0.717, 1.165) is 18.7 Å². The quantitative estimate of drug-likeness (QED) is 0.886. The van der Waals surface area contributed by atoms with E-state index in [0.29, 0.717) is 19.4 Å². The first-order valence-corrected chi connectivity index (χ1v) is 6.99. The number of halogens is 2. The molecule has 4 nitrogen and oxygen atoms in total. The molecule has 1 heterocycles. The van der Waals surface area contributed by atoms with Crippen LogP contribution >= 0.6 is 11.6 Å². The standard InChI is InChI=1S/C14H18ClFN2O2/c15-11-2-1-9(7-12(11)16)8-18-5-3-10(4-6-18)13(19)14(17)20/h1-2,7,10,13,19H,3-6,8H2,(H2,17,20)/t13-/m1/s1. The molecule has 1 aromatic rings. The number of nitrogens with zero attached hydrogens (tertiary/aromatic N) is 1. The fraction of sp³-hybridized carbons (Fsp3) is 0.500. The molecule has 1 amide bonds. The van der Waals surface area contributed by atoms with Gasteiger partial charge in [-0.25, -0.2) is 4.39 Å². The Morgan fingerprint density at radius 3 is 2.70 bits per heavy atom. The molecule has 1 aliphatic heterocycles. The van der Waals surface area contributed by atoms with Crippen molar-refractivity contribution in [3.63, 3.8) is 0 Å². The molecule has 1 aromatic carbocycles. The molecule has 1 fully saturated rings. The smallest absolute Gasteiger partial charge is 0.246 e. The number of nitrogens with two attached hydrogens (primary N) is 1. The summed E-state index contributed by atoms with van der Waals surface area (Å²) in [5, 5.41) is 9.76. The maximum absolute atomic E-state index is 13.4. The van der Waals surface area contributed by atoms with Crippen molar-refractivity contribution < 1.29 is 14.3 Å². The van der Waals surface area contributed by atoms with Gasteiger partial charge in [-0.1, -0.05) is 17.7 Å². The average Bonchev–Trinajstić information content (AvgIpc) is 2.43. The summed E-state index contributed by atoms with van der Waals surface area (Å²) in [6.45, 7) is 2.13. The Hall–Kier alpha value is -1.17. The molecule has 1 saturated heterocycles. The highest BCUT2D eigenvalue weighted by Gasteiger charge is 2.28. The zero-order valence-electron chi connectivity index (χ0n) is 11.1. The van der Waals surface area contributed by atoms with Gasteiger partial charge in [0.2, 0.25) is 5.91 Å². The molecule has 3 N–H and O–H groups in total. The minimum absolute atomic E-state index is 0.0781. The van der Waals surface area contributed by atoms with Crippen LogP contribution in [0.25, 0.3) is 0 Å². The molecule has 1 aliphatic rings. The molecule has 0 bridgehead atoms. The van der Waals surface area contributed by atoms with E-state index >= 15 is 0 Å². The maximum Gasteiger partial charge on any atom is 0.246 e. The fourth-order valence-electron chi connectivity index (χ4n) is 2.56. The summed E-state index contributed by atoms with van der Waals surface area (Å²) in [6.07, 6.45) is 0.352. The van der Waals surface area contributed by atoms with Crippen molar-refractivity contribution in [3.8, 4) is 0 Å². The molecule has 1 atom stereocenters. The predicted molar refractivity (Wildman–Crippen MR) is 74.6 cm³/mol. The van der Waals surface area contributed by atoms with Gasteiger partial charge in [0.15, 0.2) is 0 Å². The molecular formula is C14H18ClFN2O2. The van der Waals surface area contributed by atoms with Crippen molar-refractivity contribution in [3.05, 3.63) is 34.6 Å². The van der Waals surface area contributed by atoms with Crippen LogP contribution in [0.1, 0.15) is 18.4 Å². The number of hydrogen-bond acceptors (Lipinski definition) is 3. The Labute approximate surface area is 122 Å². The summed E-state index contributed by atoms with van der Waals surface area (Å²) in [4.78, 5) is 13.1. The molecule has 0 radical (unpaired) electrons. The van der Waals surface area contributed by atoms with Crippen molar-refractivity contribution in [2.45, 2.75) is 25.5 Å². The molecule has 0 saturated carbocycles. The highest BCUT2D eigenvalue weighted by atomic mass is 35.5. The Balaban J connectivity index is 1.88. The van der Waals surface area contributed by atoms with Crippen LogP contribution in [0.5, 0.6) is 0 Å². The summed E-state index contributed by atoms with van der Waals surface area (Å²) < 4.78 is 13.4. The third-order valence-electron chi connectivity index (χ3n) is 3.76. The normalized spacial score (nSPS) is 18.9. The van der Waals surface area contributed by atoms with Gasteiger partial charge in [-0.3, -0.25) is 9.69 Å². The average molecular weight is 301 g/mol. The summed E-state index contributed by atoms with van der Waals surface area (Å²) in [5.74, 6) is -1.16. The third kappa shape index (κ3) is 3.69. The molecule has 0 aromatic heterocycles. The minimum Gasteiger partial charge on any atom is -0.383 e. The van der Waals surface area contributed by atoms with Crippen LogP contribution in [0, 0.1) is 11.7 Å². The van der Waals surface area contributed by atoms with Crippen LogP contribution in [-0.4, -0.2) is 35.1 Å². The second-order valence-corrected chi connectivity index (χ2v) is 5.62. The molecule has 6 heteroatoms. The lowest BCUT2D eigenvalue weighted by atomic mass is 9.90. The van der Waals surface area contributed by atoms with E-state index < -0.39 is 17.8 Å². The van der Waals surface area contributed by atoms with Gasteiger partial charge in [0.05, 0.1) is 5.02 Å². The second kappa shape index (κ2) is 6.52. The first kappa shape index (κ1) is 15.2. The molecule has 0 aliphatic carbocycles. The summed E-state index contributed by atoms with van der Waals surface area (Å²) >= 11 is 5.65. The molecule has 20 heavy (non-hydrogen) atoms. The summed E-state index contributed by atoms with van der Waals surface area (Å²) in [6, 6.07) is 4.79. The maximum atomic E-state index is 13.4. The molecule has 2 rings (SSSR count). The number of aliphatic hydroxyl groups is 1. The summed E-state index contributed by atoms with van der Waals surface area (Å²) in [5.41, 5.74) is 5.96. The minimum atomic E-state index is -1.06. The first-order valence-electron chi connectivity index (χ1n) is 6.61. The lowest BCUT2D eigenvalue weighted by Gasteiger charge is -2.33. The van der Waals surface area contributed by atoms with Crippen LogP contribution in [0.3, 0.4) is 0 Å². The van der Waals surface area contributed by atoms with Gasteiger partial charge >= 0.3 is 0 Å². The zero-order chi connectivity index (χ0) is 14.7. The van der Waals surface area contributed by atoms with E-state index in [-0.39, 0.29) is 10.9 Å². The highest BCUT2D eigenvalue weighted by Crippen LogP contribution is 2.23. The second-order valence-electron chi connectivity index (χ2n) is 5.21. The number of aliphatic hydroxyl groups excluding tert-OH is 1. The van der Waals surface area contributed by atoms with Crippen LogP contribution in [-0.2, 0) is 11.3 Å². The van der Waals surface area contributed by atoms with E-state index in [1.165, 1.54) is 6.07 Å². The van der Waals surface area contributed by atoms with E-state index in [4.69, 9.17) is 17.3 Å². The van der Waals surface area contributed by atoms with Crippen molar-refractivity contribution in [1.82, 2.24) is 4.90 Å². The number of primary amides is 1. The Morgan fingerprint density at radius 1 is 1.50 bits per heavy atom. The van der Waals surface area contributed by atoms with Gasteiger partial charge in [0, 0.05) is 6.54 Å². The lowest BCUT2D eigenvalue weighted by Crippen LogP contribution is -2.42. The molecule has 110 valence electrons. The van der Waals surface area contributed by atoms with E-state index in [1.807, 2.05) is 0 Å². The first-order chi connectivity index (χ1) is 9.47. The van der Waals surface area contributed by atoms with Gasteiger partial charge in [-0.2, -0.15) is 0 Å². The van der Waals surface area contributed by atoms with Gasteiger partial charge in [-0.05, 0) is 49.5 Å². The van der Waals surface area contributed by atoms with Gasteiger partial charge in [-0.15, -0.1) is 0 Å². The Kier molecular flexibility index (Phi) is 4.96. The van der Waals surface area contributed by atoms with Crippen molar-refractivity contribution in [1.29, 1.82) is 0 Å². The third-order valence-corrected chi connectivity index (χ3v) is 4.07. The number of amides is 1. The SMILES string of the molecule is NC(=O)[C@H](O)C1CCN(Cc2ccc(Cl)c(F)c2)CC1. The van der Waals surface area contributed by atoms with Crippen molar-refractivity contribution in [2.24, 2.45) is 11.7 Å². The number of rotatable bonds is 4. The monoisotopic (exact) mass is 300 g/mol. The Bertz CT molecular complexity index is 490. The molecule has 0 unspecified atom stereocenters. The van der Waals surface area contributed by atoms with Gasteiger partial charge < -0.3 is 10.8 Å². The van der Waals surface area contributed by atoms with E-state index in [2.05, 4.69) is 4.90 Å². The topological polar surface area (TPSA) is 66.6 Å². The van der Waals surface area contributed by atoms with Gasteiger partial charge in [0.1, 0.15) is 11.9 Å². The number of benzene rings is 1. The predicted octanol–water partition coefficient (Wildman–Crippen LogP) is 1.54. The lowest BCUT2D eigenvalue weighted by molar-refractivity contribution is -0.129. The van der Waals surface area contributed by atoms with Crippen LogP contribution < -0.4 is 5.73 Å². The molecular weight excluding hydrogens is 283 g/mol. The Morgan fingerprint density at radius 2 is 2.15 bits per heavy atom. The van der Waals surface area contributed by atoms with E-state index in [9.17, 15) is 14.3 Å². The highest BCUT2D eigenvalue weighted by molar-refractivity contribution is 6.30. The van der Waals surface area contributed by atoms with Crippen molar-refractivity contribution >= 4 is 17.5 Å².